The molecule has 0 aromatic heterocycles. The summed E-state index contributed by atoms with van der Waals surface area (Å²) in [6.07, 6.45) is 1.66. The Hall–Kier alpha value is -1.55. The van der Waals surface area contributed by atoms with Crippen LogP contribution >= 0.6 is 11.6 Å². The summed E-state index contributed by atoms with van der Waals surface area (Å²) in [5.74, 6) is -0.111. The van der Waals surface area contributed by atoms with Gasteiger partial charge < -0.3 is 10.2 Å². The van der Waals surface area contributed by atoms with Crippen molar-refractivity contribution in [3.8, 4) is 0 Å². The van der Waals surface area contributed by atoms with E-state index in [1.807, 2.05) is 44.7 Å². The number of amides is 2. The number of nitrogens with one attached hydrogen (secondary N) is 1. The van der Waals surface area contributed by atoms with Gasteiger partial charge in [0, 0.05) is 29.2 Å². The van der Waals surface area contributed by atoms with Crippen LogP contribution in [-0.4, -0.2) is 29.8 Å². The van der Waals surface area contributed by atoms with Crippen LogP contribution in [0.5, 0.6) is 0 Å². The molecule has 0 unspecified atom stereocenters. The zero-order chi connectivity index (χ0) is 17.2. The monoisotopic (exact) mass is 336 g/mol. The Bertz CT molecular complexity index is 608. The summed E-state index contributed by atoms with van der Waals surface area (Å²) in [7, 11) is 0. The minimum Gasteiger partial charge on any atom is -0.341 e. The highest BCUT2D eigenvalue weighted by Gasteiger charge is 2.33. The summed E-state index contributed by atoms with van der Waals surface area (Å²) < 4.78 is 0. The Morgan fingerprint density at radius 3 is 2.61 bits per heavy atom. The van der Waals surface area contributed by atoms with E-state index in [1.54, 1.807) is 6.07 Å². The number of anilines is 1. The number of nitrogens with zero attached hydrogens (tertiary/aromatic N) is 1. The van der Waals surface area contributed by atoms with Crippen LogP contribution < -0.4 is 5.32 Å². The van der Waals surface area contributed by atoms with Crippen LogP contribution in [0.3, 0.4) is 0 Å². The molecule has 1 saturated heterocycles. The quantitative estimate of drug-likeness (QED) is 0.891. The molecule has 0 spiro atoms. The highest BCUT2D eigenvalue weighted by Crippen LogP contribution is 2.25. The van der Waals surface area contributed by atoms with Crippen molar-refractivity contribution < 1.29 is 9.59 Å². The topological polar surface area (TPSA) is 49.4 Å². The van der Waals surface area contributed by atoms with Crippen molar-refractivity contribution >= 4 is 29.1 Å². The fraction of sp³-hybridized carbons (Fsp3) is 0.556. The van der Waals surface area contributed by atoms with Gasteiger partial charge in [0.1, 0.15) is 0 Å². The average molecular weight is 337 g/mol. The van der Waals surface area contributed by atoms with Gasteiger partial charge in [-0.2, -0.15) is 0 Å². The standard InChI is InChI=1S/C18H25ClN2O2/c1-12-7-8-14(10-15(12)19)20-16(22)13-6-5-9-21(11-13)17(23)18(2,3)4/h7-8,10,13H,5-6,9,11H2,1-4H3,(H,20,22)/t13-/m0/s1. The van der Waals surface area contributed by atoms with Crippen LogP contribution in [0.2, 0.25) is 5.02 Å². The second-order valence-corrected chi connectivity index (χ2v) is 7.70. The molecule has 1 N–H and O–H groups in total. The first-order chi connectivity index (χ1) is 10.7. The van der Waals surface area contributed by atoms with Gasteiger partial charge in [-0.15, -0.1) is 0 Å². The van der Waals surface area contributed by atoms with Crippen molar-refractivity contribution in [3.63, 3.8) is 0 Å². The molecule has 1 fully saturated rings. The fourth-order valence-corrected chi connectivity index (χ4v) is 2.95. The lowest BCUT2D eigenvalue weighted by atomic mass is 9.91. The largest absolute Gasteiger partial charge is 0.341 e. The third-order valence-electron chi connectivity index (χ3n) is 4.16. The summed E-state index contributed by atoms with van der Waals surface area (Å²) in [5, 5.41) is 3.55. The van der Waals surface area contributed by atoms with E-state index in [0.717, 1.165) is 24.9 Å². The van der Waals surface area contributed by atoms with Gasteiger partial charge in [-0.3, -0.25) is 9.59 Å². The van der Waals surface area contributed by atoms with Crippen LogP contribution in [0.15, 0.2) is 18.2 Å². The normalized spacial score (nSPS) is 18.7. The number of hydrogen-bond acceptors (Lipinski definition) is 2. The van der Waals surface area contributed by atoms with Crippen molar-refractivity contribution in [2.24, 2.45) is 11.3 Å². The zero-order valence-electron chi connectivity index (χ0n) is 14.3. The predicted molar refractivity (Wildman–Crippen MR) is 93.6 cm³/mol. The maximum absolute atomic E-state index is 12.5. The van der Waals surface area contributed by atoms with Crippen molar-refractivity contribution in [1.29, 1.82) is 0 Å². The Balaban J connectivity index is 2.02. The van der Waals surface area contributed by atoms with Crippen LogP contribution in [0.1, 0.15) is 39.2 Å². The minimum absolute atomic E-state index is 0.0451. The number of hydrogen-bond donors (Lipinski definition) is 1. The Morgan fingerprint density at radius 1 is 1.30 bits per heavy atom. The van der Waals surface area contributed by atoms with E-state index in [1.165, 1.54) is 0 Å². The van der Waals surface area contributed by atoms with Crippen molar-refractivity contribution in [2.75, 3.05) is 18.4 Å². The maximum Gasteiger partial charge on any atom is 0.229 e. The number of likely N-dealkylation sites (tertiary alicyclic amines) is 1. The second kappa shape index (κ2) is 6.91. The third kappa shape index (κ3) is 4.47. The number of piperidine rings is 1. The van der Waals surface area contributed by atoms with Gasteiger partial charge in [0.05, 0.1) is 5.92 Å². The number of carbonyl (C=O) groups excluding carboxylic acids is 2. The molecule has 23 heavy (non-hydrogen) atoms. The molecule has 0 bridgehead atoms. The van der Waals surface area contributed by atoms with E-state index < -0.39 is 5.41 Å². The Morgan fingerprint density at radius 2 is 2.00 bits per heavy atom. The molecule has 0 saturated carbocycles. The molecule has 0 aliphatic carbocycles. The van der Waals surface area contributed by atoms with Gasteiger partial charge in [0.15, 0.2) is 0 Å². The average Bonchev–Trinajstić information content (AvgIpc) is 2.49. The van der Waals surface area contributed by atoms with Crippen molar-refractivity contribution in [3.05, 3.63) is 28.8 Å². The van der Waals surface area contributed by atoms with Gasteiger partial charge in [-0.1, -0.05) is 38.4 Å². The molecule has 2 rings (SSSR count). The molecule has 1 aromatic rings. The Labute approximate surface area is 143 Å². The van der Waals surface area contributed by atoms with E-state index >= 15 is 0 Å². The van der Waals surface area contributed by atoms with Crippen molar-refractivity contribution in [2.45, 2.75) is 40.5 Å². The summed E-state index contributed by atoms with van der Waals surface area (Å²) in [6.45, 7) is 8.87. The highest BCUT2D eigenvalue weighted by atomic mass is 35.5. The van der Waals surface area contributed by atoms with Gasteiger partial charge >= 0.3 is 0 Å². The maximum atomic E-state index is 12.5. The molecular weight excluding hydrogens is 312 g/mol. The van der Waals surface area contributed by atoms with Crippen LogP contribution in [0.25, 0.3) is 0 Å². The van der Waals surface area contributed by atoms with E-state index in [9.17, 15) is 9.59 Å². The zero-order valence-corrected chi connectivity index (χ0v) is 15.0. The summed E-state index contributed by atoms with van der Waals surface area (Å²) >= 11 is 6.09. The molecule has 5 heteroatoms. The number of halogens is 1. The fourth-order valence-electron chi connectivity index (χ4n) is 2.76. The molecule has 1 aliphatic rings. The smallest absolute Gasteiger partial charge is 0.229 e. The molecule has 1 atom stereocenters. The second-order valence-electron chi connectivity index (χ2n) is 7.29. The number of carbonyl (C=O) groups is 2. The lowest BCUT2D eigenvalue weighted by molar-refractivity contribution is -0.142. The van der Waals surface area contributed by atoms with Crippen LogP contribution in [0.4, 0.5) is 5.69 Å². The summed E-state index contributed by atoms with van der Waals surface area (Å²) in [4.78, 5) is 26.7. The number of rotatable bonds is 2. The van der Waals surface area contributed by atoms with Crippen LogP contribution in [-0.2, 0) is 9.59 Å². The van der Waals surface area contributed by atoms with Gasteiger partial charge in [0.25, 0.3) is 0 Å². The summed E-state index contributed by atoms with van der Waals surface area (Å²) in [6, 6.07) is 5.49. The number of benzene rings is 1. The first kappa shape index (κ1) is 17.8. The van der Waals surface area contributed by atoms with Gasteiger partial charge in [-0.05, 0) is 37.5 Å². The van der Waals surface area contributed by atoms with Crippen molar-refractivity contribution in [1.82, 2.24) is 4.90 Å². The molecule has 1 aliphatic heterocycles. The minimum atomic E-state index is -0.414. The highest BCUT2D eigenvalue weighted by molar-refractivity contribution is 6.31. The van der Waals surface area contributed by atoms with Gasteiger partial charge in [0.2, 0.25) is 11.8 Å². The lowest BCUT2D eigenvalue weighted by Crippen LogP contribution is -2.47. The van der Waals surface area contributed by atoms with E-state index in [0.29, 0.717) is 17.3 Å². The molecule has 1 aromatic carbocycles. The lowest BCUT2D eigenvalue weighted by Gasteiger charge is -2.35. The molecule has 0 radical (unpaired) electrons. The third-order valence-corrected chi connectivity index (χ3v) is 4.57. The van der Waals surface area contributed by atoms with E-state index in [-0.39, 0.29) is 17.7 Å². The predicted octanol–water partition coefficient (Wildman–Crippen LogP) is 3.87. The first-order valence-electron chi connectivity index (χ1n) is 8.05. The first-order valence-corrected chi connectivity index (χ1v) is 8.42. The molecular formula is C18H25ClN2O2. The van der Waals surface area contributed by atoms with E-state index in [4.69, 9.17) is 11.6 Å². The summed E-state index contributed by atoms with van der Waals surface area (Å²) in [5.41, 5.74) is 1.26. The SMILES string of the molecule is Cc1ccc(NC(=O)[C@H]2CCCN(C(=O)C(C)(C)C)C2)cc1Cl. The Kier molecular flexibility index (Phi) is 5.35. The molecule has 126 valence electrons. The van der Waals surface area contributed by atoms with Gasteiger partial charge in [-0.25, -0.2) is 0 Å². The number of aryl methyl sites for hydroxylation is 1. The molecule has 2 amide bonds. The molecule has 1 heterocycles. The van der Waals surface area contributed by atoms with Crippen LogP contribution in [0, 0.1) is 18.3 Å². The van der Waals surface area contributed by atoms with E-state index in [2.05, 4.69) is 5.32 Å². The molecule has 4 nitrogen and oxygen atoms in total.